The van der Waals surface area contributed by atoms with Crippen LogP contribution in [-0.2, 0) is 6.54 Å². The molecule has 3 aromatic rings. The molecule has 0 N–H and O–H groups in total. The van der Waals surface area contributed by atoms with E-state index < -0.39 is 0 Å². The van der Waals surface area contributed by atoms with Crippen LogP contribution < -0.4 is 4.90 Å². The van der Waals surface area contributed by atoms with Crippen LogP contribution in [0.15, 0.2) is 30.3 Å². The minimum atomic E-state index is 0.295. The summed E-state index contributed by atoms with van der Waals surface area (Å²) in [5, 5.41) is 0. The van der Waals surface area contributed by atoms with E-state index in [2.05, 4.69) is 58.6 Å². The molecule has 1 aliphatic carbocycles. The zero-order valence-corrected chi connectivity index (χ0v) is 15.5. The van der Waals surface area contributed by atoms with Crippen molar-refractivity contribution in [1.82, 2.24) is 19.5 Å². The van der Waals surface area contributed by atoms with Crippen LogP contribution in [0.5, 0.6) is 0 Å². The fraction of sp³-hybridized carbons (Fsp3) is 0.476. The van der Waals surface area contributed by atoms with Crippen LogP contribution in [0.4, 0.5) is 5.82 Å². The Morgan fingerprint density at radius 3 is 2.73 bits per heavy atom. The van der Waals surface area contributed by atoms with Crippen molar-refractivity contribution >= 4 is 16.9 Å². The third-order valence-corrected chi connectivity index (χ3v) is 5.65. The molecule has 26 heavy (non-hydrogen) atoms. The van der Waals surface area contributed by atoms with Gasteiger partial charge in [-0.15, -0.1) is 0 Å². The number of hydrogen-bond donors (Lipinski definition) is 0. The molecule has 3 heterocycles. The van der Waals surface area contributed by atoms with E-state index in [4.69, 9.17) is 9.97 Å². The number of nitrogens with zero attached hydrogens (tertiary/aromatic N) is 5. The first-order valence-corrected chi connectivity index (χ1v) is 9.82. The van der Waals surface area contributed by atoms with E-state index in [9.17, 15) is 0 Å². The number of para-hydroxylation sites is 2. The molecule has 0 bridgehead atoms. The number of imidazole rings is 1. The van der Waals surface area contributed by atoms with Crippen molar-refractivity contribution in [3.05, 3.63) is 47.7 Å². The van der Waals surface area contributed by atoms with Crippen molar-refractivity contribution in [1.29, 1.82) is 0 Å². The summed E-state index contributed by atoms with van der Waals surface area (Å²) in [6.07, 6.45) is 4.78. The maximum Gasteiger partial charge on any atom is 0.134 e. The van der Waals surface area contributed by atoms with Crippen molar-refractivity contribution in [2.45, 2.75) is 58.0 Å². The quantitative estimate of drug-likeness (QED) is 0.703. The second-order valence-electron chi connectivity index (χ2n) is 7.55. The van der Waals surface area contributed by atoms with Gasteiger partial charge in [0.05, 0.1) is 17.1 Å². The Morgan fingerprint density at radius 1 is 1.08 bits per heavy atom. The Labute approximate surface area is 154 Å². The standard InChI is InChI=1S/C21H25N5/c1-3-25-17-8-5-4-7-16(17)23-21(25)18-9-6-12-26(18)19-13-14(2)22-20(24-19)15-10-11-15/h4-5,7-8,13,15,18H,3,6,9-12H2,1-2H3/t18-/m1/s1. The van der Waals surface area contributed by atoms with Crippen molar-refractivity contribution in [2.24, 2.45) is 0 Å². The molecule has 1 aliphatic heterocycles. The minimum absolute atomic E-state index is 0.295. The fourth-order valence-corrected chi connectivity index (χ4v) is 4.24. The molecule has 5 nitrogen and oxygen atoms in total. The van der Waals surface area contributed by atoms with Crippen LogP contribution >= 0.6 is 0 Å². The summed E-state index contributed by atoms with van der Waals surface area (Å²) >= 11 is 0. The van der Waals surface area contributed by atoms with Crippen molar-refractivity contribution in [2.75, 3.05) is 11.4 Å². The molecule has 134 valence electrons. The number of fused-ring (bicyclic) bond motifs is 1. The van der Waals surface area contributed by atoms with Gasteiger partial charge in [-0.2, -0.15) is 0 Å². The van der Waals surface area contributed by atoms with Gasteiger partial charge in [-0.1, -0.05) is 12.1 Å². The lowest BCUT2D eigenvalue weighted by atomic mass is 10.2. The smallest absolute Gasteiger partial charge is 0.134 e. The van der Waals surface area contributed by atoms with E-state index in [1.807, 2.05) is 0 Å². The Hall–Kier alpha value is -2.43. The first-order chi connectivity index (χ1) is 12.7. The first kappa shape index (κ1) is 15.8. The number of rotatable bonds is 4. The molecule has 1 atom stereocenters. The number of aromatic nitrogens is 4. The van der Waals surface area contributed by atoms with E-state index in [0.29, 0.717) is 12.0 Å². The summed E-state index contributed by atoms with van der Waals surface area (Å²) in [5.41, 5.74) is 3.40. The molecular formula is C21H25N5. The molecule has 5 heteroatoms. The predicted octanol–water partition coefficient (Wildman–Crippen LogP) is 4.37. The fourth-order valence-electron chi connectivity index (χ4n) is 4.24. The third-order valence-electron chi connectivity index (χ3n) is 5.65. The van der Waals surface area contributed by atoms with Crippen LogP contribution in [-0.4, -0.2) is 26.1 Å². The van der Waals surface area contributed by atoms with Crippen LogP contribution in [0.2, 0.25) is 0 Å². The number of aryl methyl sites for hydroxylation is 2. The van der Waals surface area contributed by atoms with Crippen LogP contribution in [0.25, 0.3) is 11.0 Å². The summed E-state index contributed by atoms with van der Waals surface area (Å²) in [5.74, 6) is 3.87. The van der Waals surface area contributed by atoms with Gasteiger partial charge in [0.2, 0.25) is 0 Å². The minimum Gasteiger partial charge on any atom is -0.346 e. The number of hydrogen-bond acceptors (Lipinski definition) is 4. The average Bonchev–Trinajstić information content (AvgIpc) is 3.27. The lowest BCUT2D eigenvalue weighted by Crippen LogP contribution is -2.26. The molecule has 2 aromatic heterocycles. The summed E-state index contributed by atoms with van der Waals surface area (Å²) in [6, 6.07) is 10.9. The highest BCUT2D eigenvalue weighted by molar-refractivity contribution is 5.76. The van der Waals surface area contributed by atoms with Gasteiger partial charge in [0.1, 0.15) is 17.5 Å². The zero-order valence-electron chi connectivity index (χ0n) is 15.5. The molecule has 1 saturated carbocycles. The lowest BCUT2D eigenvalue weighted by Gasteiger charge is -2.26. The molecule has 0 unspecified atom stereocenters. The van der Waals surface area contributed by atoms with Crippen LogP contribution in [0.1, 0.15) is 61.9 Å². The van der Waals surface area contributed by atoms with Gasteiger partial charge in [0.25, 0.3) is 0 Å². The van der Waals surface area contributed by atoms with E-state index >= 15 is 0 Å². The van der Waals surface area contributed by atoms with Gasteiger partial charge >= 0.3 is 0 Å². The van der Waals surface area contributed by atoms with E-state index in [1.54, 1.807) is 0 Å². The van der Waals surface area contributed by atoms with E-state index in [0.717, 1.165) is 42.4 Å². The van der Waals surface area contributed by atoms with E-state index in [1.165, 1.54) is 30.6 Å². The Kier molecular flexibility index (Phi) is 3.69. The molecule has 1 aromatic carbocycles. The summed E-state index contributed by atoms with van der Waals surface area (Å²) < 4.78 is 2.37. The third kappa shape index (κ3) is 2.57. The molecule has 5 rings (SSSR count). The highest BCUT2D eigenvalue weighted by Gasteiger charge is 2.33. The normalized spacial score (nSPS) is 20.2. The zero-order chi connectivity index (χ0) is 17.7. The van der Waals surface area contributed by atoms with Gasteiger partial charge in [0.15, 0.2) is 0 Å². The highest BCUT2D eigenvalue weighted by Crippen LogP contribution is 2.40. The predicted molar refractivity (Wildman–Crippen MR) is 103 cm³/mol. The monoisotopic (exact) mass is 347 g/mol. The maximum atomic E-state index is 5.01. The Morgan fingerprint density at radius 2 is 1.92 bits per heavy atom. The number of anilines is 1. The second-order valence-corrected chi connectivity index (χ2v) is 7.55. The average molecular weight is 347 g/mol. The Bertz CT molecular complexity index is 956. The largest absolute Gasteiger partial charge is 0.346 e. The Balaban J connectivity index is 1.57. The lowest BCUT2D eigenvalue weighted by molar-refractivity contribution is 0.604. The second kappa shape index (κ2) is 6.08. The number of benzene rings is 1. The van der Waals surface area contributed by atoms with Gasteiger partial charge in [-0.3, -0.25) is 0 Å². The molecule has 1 saturated heterocycles. The summed E-state index contributed by atoms with van der Waals surface area (Å²) in [6.45, 7) is 6.27. The van der Waals surface area contributed by atoms with Crippen molar-refractivity contribution in [3.63, 3.8) is 0 Å². The SMILES string of the molecule is CCn1c([C@H]2CCCN2c2cc(C)nc(C3CC3)n2)nc2ccccc21. The molecule has 0 spiro atoms. The van der Waals surface area contributed by atoms with E-state index in [-0.39, 0.29) is 0 Å². The highest BCUT2D eigenvalue weighted by atomic mass is 15.3. The molecular weight excluding hydrogens is 322 g/mol. The van der Waals surface area contributed by atoms with Gasteiger partial charge in [0, 0.05) is 30.8 Å². The molecule has 0 radical (unpaired) electrons. The van der Waals surface area contributed by atoms with Gasteiger partial charge in [-0.25, -0.2) is 15.0 Å². The molecule has 2 fully saturated rings. The summed E-state index contributed by atoms with van der Waals surface area (Å²) in [4.78, 5) is 17.1. The van der Waals surface area contributed by atoms with Crippen molar-refractivity contribution in [3.8, 4) is 0 Å². The van der Waals surface area contributed by atoms with Crippen LogP contribution in [0.3, 0.4) is 0 Å². The van der Waals surface area contributed by atoms with Crippen molar-refractivity contribution < 1.29 is 0 Å². The van der Waals surface area contributed by atoms with Gasteiger partial charge in [-0.05, 0) is 51.7 Å². The maximum absolute atomic E-state index is 5.01. The molecule has 0 amide bonds. The van der Waals surface area contributed by atoms with Gasteiger partial charge < -0.3 is 9.47 Å². The molecule has 2 aliphatic rings. The first-order valence-electron chi connectivity index (χ1n) is 9.82. The summed E-state index contributed by atoms with van der Waals surface area (Å²) in [7, 11) is 0. The topological polar surface area (TPSA) is 46.8 Å². The van der Waals surface area contributed by atoms with Crippen LogP contribution in [0, 0.1) is 6.92 Å².